The number of hydrogen-bond acceptors (Lipinski definition) is 3. The summed E-state index contributed by atoms with van der Waals surface area (Å²) in [4.78, 5) is 14.0. The highest BCUT2D eigenvalue weighted by molar-refractivity contribution is 5.82. The Hall–Kier alpha value is -1.39. The van der Waals surface area contributed by atoms with Gasteiger partial charge in [0.05, 0.1) is 18.8 Å². The maximum absolute atomic E-state index is 12.3. The maximum Gasteiger partial charge on any atom is 0.256 e. The average Bonchev–Trinajstić information content (AvgIpc) is 2.41. The monoisotopic (exact) mass is 249 g/mol. The van der Waals surface area contributed by atoms with Crippen LogP contribution in [0.1, 0.15) is 25.5 Å². The lowest BCUT2D eigenvalue weighted by atomic mass is 10.1. The number of carbonyl (C=O) groups is 1. The summed E-state index contributed by atoms with van der Waals surface area (Å²) in [6, 6.07) is 9.01. The molecule has 1 aliphatic heterocycles. The minimum absolute atomic E-state index is 0.00525. The fraction of sp³-hybridized carbons (Fsp3) is 0.500. The van der Waals surface area contributed by atoms with Gasteiger partial charge >= 0.3 is 0 Å². The van der Waals surface area contributed by atoms with Gasteiger partial charge < -0.3 is 14.7 Å². The number of aliphatic hydroxyl groups excluding tert-OH is 1. The predicted molar refractivity (Wildman–Crippen MR) is 68.0 cm³/mol. The summed E-state index contributed by atoms with van der Waals surface area (Å²) in [5.74, 6) is -0.246. The zero-order valence-corrected chi connectivity index (χ0v) is 10.7. The average molecular weight is 249 g/mol. The molecule has 0 aliphatic carbocycles. The van der Waals surface area contributed by atoms with Crippen LogP contribution in [-0.2, 0) is 9.53 Å². The second kappa shape index (κ2) is 5.50. The number of nitrogens with zero attached hydrogens (tertiary/aromatic N) is 1. The molecule has 1 saturated heterocycles. The molecule has 0 spiro atoms. The van der Waals surface area contributed by atoms with Gasteiger partial charge in [-0.3, -0.25) is 4.79 Å². The van der Waals surface area contributed by atoms with Gasteiger partial charge in [0.2, 0.25) is 0 Å². The first-order chi connectivity index (χ1) is 8.61. The summed E-state index contributed by atoms with van der Waals surface area (Å²) in [6.07, 6.45) is -1.08. The highest BCUT2D eigenvalue weighted by atomic mass is 16.5. The van der Waals surface area contributed by atoms with Crippen LogP contribution < -0.4 is 0 Å². The van der Waals surface area contributed by atoms with Crippen molar-refractivity contribution in [3.8, 4) is 0 Å². The molecule has 1 aromatic rings. The third-order valence-electron chi connectivity index (χ3n) is 3.52. The van der Waals surface area contributed by atoms with Crippen molar-refractivity contribution in [2.45, 2.75) is 32.1 Å². The number of morpholine rings is 1. The van der Waals surface area contributed by atoms with Gasteiger partial charge in [0.25, 0.3) is 5.91 Å². The number of hydrogen-bond donors (Lipinski definition) is 1. The van der Waals surface area contributed by atoms with Crippen molar-refractivity contribution in [3.63, 3.8) is 0 Å². The van der Waals surface area contributed by atoms with Crippen LogP contribution in [0.4, 0.5) is 0 Å². The molecule has 1 aliphatic rings. The summed E-state index contributed by atoms with van der Waals surface area (Å²) in [5.41, 5.74) is 0.633. The zero-order valence-electron chi connectivity index (χ0n) is 10.7. The maximum atomic E-state index is 12.3. The third-order valence-corrected chi connectivity index (χ3v) is 3.52. The molecule has 1 N–H and O–H groups in total. The van der Waals surface area contributed by atoms with Crippen LogP contribution in [0.15, 0.2) is 30.3 Å². The SMILES string of the molecule is CC1OCCN(C(=O)C(O)c2ccccc2)C1C. The fourth-order valence-corrected chi connectivity index (χ4v) is 2.18. The van der Waals surface area contributed by atoms with E-state index < -0.39 is 6.10 Å². The van der Waals surface area contributed by atoms with Crippen LogP contribution in [0, 0.1) is 0 Å². The molecular formula is C14H19NO3. The molecule has 98 valence electrons. The minimum Gasteiger partial charge on any atom is -0.378 e. The van der Waals surface area contributed by atoms with Gasteiger partial charge in [-0.2, -0.15) is 0 Å². The fourth-order valence-electron chi connectivity index (χ4n) is 2.18. The first-order valence-corrected chi connectivity index (χ1v) is 6.26. The largest absolute Gasteiger partial charge is 0.378 e. The Morgan fingerprint density at radius 2 is 2.06 bits per heavy atom. The normalized spacial score (nSPS) is 25.8. The van der Waals surface area contributed by atoms with Gasteiger partial charge in [-0.15, -0.1) is 0 Å². The second-order valence-corrected chi connectivity index (χ2v) is 4.66. The number of amides is 1. The summed E-state index contributed by atoms with van der Waals surface area (Å²) in [7, 11) is 0. The molecule has 0 radical (unpaired) electrons. The number of rotatable bonds is 2. The predicted octanol–water partition coefficient (Wildman–Crippen LogP) is 1.36. The topological polar surface area (TPSA) is 49.8 Å². The van der Waals surface area contributed by atoms with E-state index in [2.05, 4.69) is 0 Å². The van der Waals surface area contributed by atoms with Gasteiger partial charge in [0, 0.05) is 6.54 Å². The van der Waals surface area contributed by atoms with Crippen LogP contribution in [0.2, 0.25) is 0 Å². The molecule has 1 fully saturated rings. The molecule has 1 aromatic carbocycles. The van der Waals surface area contributed by atoms with E-state index >= 15 is 0 Å². The molecule has 1 amide bonds. The van der Waals surface area contributed by atoms with E-state index in [9.17, 15) is 9.90 Å². The lowest BCUT2D eigenvalue weighted by molar-refractivity contribution is -0.153. The van der Waals surface area contributed by atoms with Gasteiger partial charge in [0.15, 0.2) is 6.10 Å². The zero-order chi connectivity index (χ0) is 13.1. The number of aliphatic hydroxyl groups is 1. The summed E-state index contributed by atoms with van der Waals surface area (Å²) >= 11 is 0. The van der Waals surface area contributed by atoms with E-state index in [-0.39, 0.29) is 18.1 Å². The Labute approximate surface area is 107 Å². The van der Waals surface area contributed by atoms with E-state index in [1.54, 1.807) is 17.0 Å². The molecule has 3 unspecified atom stereocenters. The van der Waals surface area contributed by atoms with Gasteiger partial charge in [0.1, 0.15) is 0 Å². The Bertz CT molecular complexity index is 407. The van der Waals surface area contributed by atoms with Crippen LogP contribution >= 0.6 is 0 Å². The van der Waals surface area contributed by atoms with E-state index in [0.717, 1.165) is 0 Å². The second-order valence-electron chi connectivity index (χ2n) is 4.66. The van der Waals surface area contributed by atoms with E-state index in [1.165, 1.54) is 0 Å². The van der Waals surface area contributed by atoms with Crippen LogP contribution in [0.25, 0.3) is 0 Å². The molecule has 0 bridgehead atoms. The molecule has 3 atom stereocenters. The quantitative estimate of drug-likeness (QED) is 0.861. The molecule has 18 heavy (non-hydrogen) atoms. The number of benzene rings is 1. The Morgan fingerprint density at radius 1 is 1.39 bits per heavy atom. The van der Waals surface area contributed by atoms with E-state index in [4.69, 9.17) is 4.74 Å². The van der Waals surface area contributed by atoms with Crippen LogP contribution in [0.5, 0.6) is 0 Å². The molecule has 2 rings (SSSR count). The van der Waals surface area contributed by atoms with Gasteiger partial charge in [-0.25, -0.2) is 0 Å². The smallest absolute Gasteiger partial charge is 0.256 e. The molecule has 0 saturated carbocycles. The van der Waals surface area contributed by atoms with Crippen LogP contribution in [-0.4, -0.2) is 41.2 Å². The Morgan fingerprint density at radius 3 is 2.72 bits per heavy atom. The van der Waals surface area contributed by atoms with E-state index in [1.807, 2.05) is 32.0 Å². The van der Waals surface area contributed by atoms with Gasteiger partial charge in [-0.05, 0) is 19.4 Å². The third kappa shape index (κ3) is 2.54. The lowest BCUT2D eigenvalue weighted by Crippen LogP contribution is -2.52. The highest BCUT2D eigenvalue weighted by Gasteiger charge is 2.32. The summed E-state index contributed by atoms with van der Waals surface area (Å²) in [6.45, 7) is 4.95. The van der Waals surface area contributed by atoms with Crippen molar-refractivity contribution < 1.29 is 14.6 Å². The minimum atomic E-state index is -1.08. The van der Waals surface area contributed by atoms with Crippen molar-refractivity contribution in [3.05, 3.63) is 35.9 Å². The number of ether oxygens (including phenoxy) is 1. The number of carbonyl (C=O) groups excluding carboxylic acids is 1. The molecule has 0 aromatic heterocycles. The summed E-state index contributed by atoms with van der Waals surface area (Å²) in [5, 5.41) is 10.1. The molecule has 4 nitrogen and oxygen atoms in total. The first-order valence-electron chi connectivity index (χ1n) is 6.26. The van der Waals surface area contributed by atoms with Crippen LogP contribution in [0.3, 0.4) is 0 Å². The lowest BCUT2D eigenvalue weighted by Gasteiger charge is -2.38. The Kier molecular flexibility index (Phi) is 3.99. The van der Waals surface area contributed by atoms with Crippen molar-refractivity contribution in [2.75, 3.05) is 13.2 Å². The van der Waals surface area contributed by atoms with Crippen molar-refractivity contribution in [1.29, 1.82) is 0 Å². The van der Waals surface area contributed by atoms with Crippen molar-refractivity contribution >= 4 is 5.91 Å². The summed E-state index contributed by atoms with van der Waals surface area (Å²) < 4.78 is 5.48. The molecular weight excluding hydrogens is 230 g/mol. The first kappa shape index (κ1) is 13.1. The molecule has 1 heterocycles. The highest BCUT2D eigenvalue weighted by Crippen LogP contribution is 2.20. The van der Waals surface area contributed by atoms with Gasteiger partial charge in [-0.1, -0.05) is 30.3 Å². The standard InChI is InChI=1S/C14H19NO3/c1-10-11(2)18-9-8-15(10)14(17)13(16)12-6-4-3-5-7-12/h3-7,10-11,13,16H,8-9H2,1-2H3. The van der Waals surface area contributed by atoms with Crippen molar-refractivity contribution in [1.82, 2.24) is 4.90 Å². The van der Waals surface area contributed by atoms with Crippen molar-refractivity contribution in [2.24, 2.45) is 0 Å². The van der Waals surface area contributed by atoms with E-state index in [0.29, 0.717) is 18.7 Å². The molecule has 4 heteroatoms. The Balaban J connectivity index is 2.11.